The van der Waals surface area contributed by atoms with Gasteiger partial charge in [-0.1, -0.05) is 13.2 Å². The van der Waals surface area contributed by atoms with Crippen molar-refractivity contribution in [1.82, 2.24) is 4.90 Å². The van der Waals surface area contributed by atoms with Gasteiger partial charge in [-0.05, 0) is 13.0 Å². The summed E-state index contributed by atoms with van der Waals surface area (Å²) in [7, 11) is 3.96. The monoisotopic (exact) mass is 215 g/mol. The van der Waals surface area contributed by atoms with Gasteiger partial charge in [0.25, 0.3) is 10.4 Å². The second kappa shape index (κ2) is 4.97. The smallest absolute Gasteiger partial charge is 0.330 e. The molecule has 0 aromatic rings. The van der Waals surface area contributed by atoms with Gasteiger partial charge in [-0.15, -0.1) is 4.31 Å². The van der Waals surface area contributed by atoms with Crippen molar-refractivity contribution in [2.45, 2.75) is 6.92 Å². The highest BCUT2D eigenvalue weighted by molar-refractivity contribution is 6.03. The number of carbonyl (C=O) groups excluding carboxylic acids is 1. The summed E-state index contributed by atoms with van der Waals surface area (Å²) in [4.78, 5) is 18.8. The molecule has 0 heterocycles. The predicted octanol–water partition coefficient (Wildman–Crippen LogP) is 0.416. The molecule has 80 valence electrons. The zero-order valence-electron chi connectivity index (χ0n) is 9.41. The molecule has 0 saturated carbocycles. The number of rotatable bonds is 4. The predicted molar refractivity (Wildman–Crippen MR) is 60.2 cm³/mol. The van der Waals surface area contributed by atoms with Crippen LogP contribution in [0.5, 0.6) is 0 Å². The SMILES string of the molecule is C=CC[N+]([SiH3])(OC(=C)C)C(=O)N(C)C. The van der Waals surface area contributed by atoms with Crippen LogP contribution in [0.1, 0.15) is 6.92 Å². The third-order valence-corrected chi connectivity index (χ3v) is 2.55. The Morgan fingerprint density at radius 3 is 2.43 bits per heavy atom. The molecule has 0 aliphatic rings. The average Bonchev–Trinajstić information content (AvgIpc) is 2.01. The highest BCUT2D eigenvalue weighted by Gasteiger charge is 2.34. The number of urea groups is 1. The van der Waals surface area contributed by atoms with Crippen LogP contribution in [0.25, 0.3) is 0 Å². The van der Waals surface area contributed by atoms with Crippen molar-refractivity contribution < 1.29 is 13.9 Å². The number of hydroxylamine groups is 2. The third kappa shape index (κ3) is 3.35. The molecule has 0 N–H and O–H groups in total. The fourth-order valence-corrected chi connectivity index (χ4v) is 2.14. The number of allylic oxidation sites excluding steroid dienone is 1. The maximum absolute atomic E-state index is 11.8. The van der Waals surface area contributed by atoms with Crippen LogP contribution >= 0.6 is 0 Å². The molecule has 1 unspecified atom stereocenters. The van der Waals surface area contributed by atoms with Gasteiger partial charge in [0.1, 0.15) is 6.54 Å². The Hall–Kier alpha value is -1.07. The lowest BCUT2D eigenvalue weighted by molar-refractivity contribution is -0.936. The number of hydrogen-bond acceptors (Lipinski definition) is 2. The van der Waals surface area contributed by atoms with Gasteiger partial charge in [0, 0.05) is 14.1 Å². The van der Waals surface area contributed by atoms with Crippen molar-refractivity contribution in [2.75, 3.05) is 20.6 Å². The summed E-state index contributed by atoms with van der Waals surface area (Å²) in [5.74, 6) is 0.539. The maximum atomic E-state index is 11.8. The van der Waals surface area contributed by atoms with Crippen LogP contribution in [0.15, 0.2) is 25.0 Å². The van der Waals surface area contributed by atoms with Crippen LogP contribution in [0.3, 0.4) is 0 Å². The van der Waals surface area contributed by atoms with Gasteiger partial charge in [-0.2, -0.15) is 0 Å². The van der Waals surface area contributed by atoms with Crippen LogP contribution in [0.4, 0.5) is 4.79 Å². The molecule has 1 atom stereocenters. The van der Waals surface area contributed by atoms with Gasteiger partial charge in [0.2, 0.25) is 0 Å². The summed E-state index contributed by atoms with van der Waals surface area (Å²) in [6.07, 6.45) is 1.68. The summed E-state index contributed by atoms with van der Waals surface area (Å²) < 4.78 is -0.0498. The molecule has 2 amide bonds. The van der Waals surface area contributed by atoms with E-state index < -0.39 is 0 Å². The minimum absolute atomic E-state index is 0.0498. The van der Waals surface area contributed by atoms with Gasteiger partial charge in [0.15, 0.2) is 5.76 Å². The van der Waals surface area contributed by atoms with Gasteiger partial charge in [-0.25, -0.2) is 4.79 Å². The summed E-state index contributed by atoms with van der Waals surface area (Å²) >= 11 is 0. The summed E-state index contributed by atoms with van der Waals surface area (Å²) in [5, 5.41) is 0. The fraction of sp³-hybridized carbons (Fsp3) is 0.444. The first-order chi connectivity index (χ1) is 6.33. The normalized spacial score (nSPS) is 14.2. The minimum Gasteiger partial charge on any atom is -0.330 e. The molecule has 0 rings (SSSR count). The Kier molecular flexibility index (Phi) is 4.59. The molecule has 5 heteroatoms. The summed E-state index contributed by atoms with van der Waals surface area (Å²) in [6.45, 7) is 9.47. The van der Waals surface area contributed by atoms with E-state index in [0.29, 0.717) is 22.7 Å². The Morgan fingerprint density at radius 2 is 2.14 bits per heavy atom. The molecule has 0 fully saturated rings. The van der Waals surface area contributed by atoms with E-state index in [9.17, 15) is 4.79 Å². The Balaban J connectivity index is 4.78. The Labute approximate surface area is 88.5 Å². The summed E-state index contributed by atoms with van der Waals surface area (Å²) in [5.41, 5.74) is 0. The Bertz CT molecular complexity index is 253. The lowest BCUT2D eigenvalue weighted by Gasteiger charge is -2.31. The van der Waals surface area contributed by atoms with E-state index in [4.69, 9.17) is 4.84 Å². The van der Waals surface area contributed by atoms with Gasteiger partial charge < -0.3 is 4.84 Å². The van der Waals surface area contributed by atoms with Crippen LogP contribution in [0.2, 0.25) is 0 Å². The van der Waals surface area contributed by atoms with E-state index >= 15 is 0 Å². The molecule has 0 aliphatic carbocycles. The molecular formula is C9H19N2O2Si+. The molecule has 0 aromatic heterocycles. The fourth-order valence-electron chi connectivity index (χ4n) is 1.17. The van der Waals surface area contributed by atoms with Crippen molar-refractivity contribution >= 4 is 16.4 Å². The largest absolute Gasteiger partial charge is 0.441 e. The zero-order chi connectivity index (χ0) is 11.4. The molecule has 14 heavy (non-hydrogen) atoms. The van der Waals surface area contributed by atoms with E-state index in [0.717, 1.165) is 0 Å². The highest BCUT2D eigenvalue weighted by Crippen LogP contribution is 2.11. The van der Waals surface area contributed by atoms with Crippen LogP contribution < -0.4 is 0 Å². The number of amides is 2. The van der Waals surface area contributed by atoms with E-state index in [1.165, 1.54) is 4.90 Å². The van der Waals surface area contributed by atoms with Crippen molar-refractivity contribution in [1.29, 1.82) is 0 Å². The number of hydrogen-bond donors (Lipinski definition) is 0. The van der Waals surface area contributed by atoms with Gasteiger partial charge in [-0.3, -0.25) is 4.90 Å². The van der Waals surface area contributed by atoms with Crippen molar-refractivity contribution in [2.24, 2.45) is 0 Å². The molecule has 0 aliphatic heterocycles. The molecule has 0 bridgehead atoms. The molecular weight excluding hydrogens is 196 g/mol. The number of nitrogens with zero attached hydrogens (tertiary/aromatic N) is 2. The number of quaternary nitrogens is 1. The molecule has 4 nitrogen and oxygen atoms in total. The molecule has 0 spiro atoms. The molecule has 0 radical (unpaired) electrons. The standard InChI is InChI=1S/C9H19N2O2Si/c1-6-7-11(14,13-8(2)3)9(12)10(4)5/h6H,1-2,7H2,3-5,14H3/q+1. The number of carbonyl (C=O) groups is 1. The second-order valence-corrected chi connectivity index (χ2v) is 4.99. The molecule has 0 aromatic carbocycles. The second-order valence-electron chi connectivity index (χ2n) is 3.54. The quantitative estimate of drug-likeness (QED) is 0.294. The molecule has 0 saturated heterocycles. The van der Waals surface area contributed by atoms with Crippen molar-refractivity contribution in [3.8, 4) is 0 Å². The minimum atomic E-state index is -0.0837. The summed E-state index contributed by atoms with van der Waals surface area (Å²) in [6, 6.07) is -0.0837. The first-order valence-electron chi connectivity index (χ1n) is 4.37. The van der Waals surface area contributed by atoms with Crippen LogP contribution in [-0.4, -0.2) is 46.3 Å². The van der Waals surface area contributed by atoms with Crippen LogP contribution in [-0.2, 0) is 4.84 Å². The van der Waals surface area contributed by atoms with Gasteiger partial charge in [0.05, 0.1) is 0 Å². The topological polar surface area (TPSA) is 29.5 Å². The van der Waals surface area contributed by atoms with E-state index in [1.807, 2.05) is 0 Å². The maximum Gasteiger partial charge on any atom is 0.441 e. The highest BCUT2D eigenvalue weighted by atomic mass is 28.2. The van der Waals surface area contributed by atoms with Crippen molar-refractivity contribution in [3.05, 3.63) is 25.0 Å². The van der Waals surface area contributed by atoms with E-state index in [-0.39, 0.29) is 10.3 Å². The first-order valence-corrected chi connectivity index (χ1v) is 5.26. The first kappa shape index (κ1) is 12.9. The van der Waals surface area contributed by atoms with Crippen molar-refractivity contribution in [3.63, 3.8) is 0 Å². The average molecular weight is 215 g/mol. The lowest BCUT2D eigenvalue weighted by atomic mass is 10.6. The zero-order valence-corrected chi connectivity index (χ0v) is 11.4. The van der Waals surface area contributed by atoms with E-state index in [1.54, 1.807) is 27.1 Å². The Morgan fingerprint density at radius 1 is 1.64 bits per heavy atom. The third-order valence-electron chi connectivity index (χ3n) is 1.62. The van der Waals surface area contributed by atoms with Crippen LogP contribution in [0, 0.1) is 0 Å². The van der Waals surface area contributed by atoms with E-state index in [2.05, 4.69) is 13.2 Å². The van der Waals surface area contributed by atoms with Gasteiger partial charge >= 0.3 is 6.03 Å². The lowest BCUT2D eigenvalue weighted by Crippen LogP contribution is -2.54.